The fraction of sp³-hybridized carbons (Fsp3) is 0.462. The molecule has 30 heavy (non-hydrogen) atoms. The van der Waals surface area contributed by atoms with Gasteiger partial charge in [-0.05, 0) is 42.4 Å². The molecule has 4 nitrogen and oxygen atoms in total. The fourth-order valence-electron chi connectivity index (χ4n) is 5.62. The molecule has 0 bridgehead atoms. The molecule has 156 valence electrons. The Morgan fingerprint density at radius 3 is 2.47 bits per heavy atom. The Kier molecular flexibility index (Phi) is 5.10. The van der Waals surface area contributed by atoms with Crippen molar-refractivity contribution in [2.24, 2.45) is 5.92 Å². The molecule has 2 aliphatic heterocycles. The zero-order valence-corrected chi connectivity index (χ0v) is 17.6. The van der Waals surface area contributed by atoms with Crippen molar-refractivity contribution in [3.63, 3.8) is 0 Å². The van der Waals surface area contributed by atoms with Gasteiger partial charge < -0.3 is 9.80 Å². The number of carbonyl (C=O) groups is 2. The number of carbonyl (C=O) groups excluding carboxylic acids is 2. The average Bonchev–Trinajstić information content (AvgIpc) is 2.77. The van der Waals surface area contributed by atoms with Crippen LogP contribution < -0.4 is 0 Å². The minimum atomic E-state index is -0.0686. The summed E-state index contributed by atoms with van der Waals surface area (Å²) in [6.07, 6.45) is 5.83. The summed E-state index contributed by atoms with van der Waals surface area (Å²) in [5.74, 6) is 0.312. The lowest BCUT2D eigenvalue weighted by molar-refractivity contribution is -0.143. The van der Waals surface area contributed by atoms with E-state index < -0.39 is 0 Å². The van der Waals surface area contributed by atoms with Gasteiger partial charge >= 0.3 is 0 Å². The van der Waals surface area contributed by atoms with Crippen molar-refractivity contribution in [2.75, 3.05) is 19.6 Å². The maximum atomic E-state index is 13.5. The molecule has 1 saturated carbocycles. The van der Waals surface area contributed by atoms with Crippen molar-refractivity contribution >= 4 is 11.8 Å². The second-order valence-corrected chi connectivity index (χ2v) is 9.33. The summed E-state index contributed by atoms with van der Waals surface area (Å²) in [6, 6.07) is 18.6. The summed E-state index contributed by atoms with van der Waals surface area (Å²) < 4.78 is 0. The Morgan fingerprint density at radius 2 is 1.70 bits per heavy atom. The van der Waals surface area contributed by atoms with Gasteiger partial charge in [0.05, 0.1) is 12.3 Å². The Bertz CT molecular complexity index is 935. The first-order chi connectivity index (χ1) is 14.6. The molecule has 1 aliphatic carbocycles. The van der Waals surface area contributed by atoms with Gasteiger partial charge in [-0.25, -0.2) is 0 Å². The maximum absolute atomic E-state index is 13.5. The van der Waals surface area contributed by atoms with Crippen molar-refractivity contribution in [3.8, 4) is 0 Å². The molecule has 1 unspecified atom stereocenters. The van der Waals surface area contributed by atoms with Crippen LogP contribution in [0.4, 0.5) is 0 Å². The molecule has 1 saturated heterocycles. The van der Waals surface area contributed by atoms with E-state index in [0.29, 0.717) is 19.5 Å². The van der Waals surface area contributed by atoms with Gasteiger partial charge in [-0.1, -0.05) is 61.0 Å². The van der Waals surface area contributed by atoms with Gasteiger partial charge in [0.25, 0.3) is 0 Å². The van der Waals surface area contributed by atoms with E-state index in [1.165, 1.54) is 30.4 Å². The largest absolute Gasteiger partial charge is 0.342 e. The Balaban J connectivity index is 1.28. The first-order valence-corrected chi connectivity index (χ1v) is 11.3. The van der Waals surface area contributed by atoms with Crippen LogP contribution >= 0.6 is 0 Å². The molecule has 4 heteroatoms. The Morgan fingerprint density at radius 1 is 0.933 bits per heavy atom. The van der Waals surface area contributed by atoms with Crippen LogP contribution in [0.15, 0.2) is 54.6 Å². The van der Waals surface area contributed by atoms with E-state index in [2.05, 4.69) is 29.2 Å². The molecule has 5 rings (SSSR count). The summed E-state index contributed by atoms with van der Waals surface area (Å²) in [4.78, 5) is 30.3. The predicted molar refractivity (Wildman–Crippen MR) is 117 cm³/mol. The maximum Gasteiger partial charge on any atom is 0.227 e. The lowest BCUT2D eigenvalue weighted by Gasteiger charge is -2.50. The van der Waals surface area contributed by atoms with Crippen molar-refractivity contribution in [3.05, 3.63) is 71.3 Å². The molecule has 2 heterocycles. The summed E-state index contributed by atoms with van der Waals surface area (Å²) >= 11 is 0. The van der Waals surface area contributed by atoms with Crippen LogP contribution in [0, 0.1) is 5.92 Å². The summed E-state index contributed by atoms with van der Waals surface area (Å²) in [5.41, 5.74) is 3.98. The Hall–Kier alpha value is -2.62. The summed E-state index contributed by atoms with van der Waals surface area (Å²) in [7, 11) is 0. The van der Waals surface area contributed by atoms with Gasteiger partial charge in [-0.15, -0.1) is 0 Å². The quantitative estimate of drug-likeness (QED) is 0.780. The topological polar surface area (TPSA) is 40.6 Å². The number of benzene rings is 2. The van der Waals surface area contributed by atoms with Crippen LogP contribution in [0.1, 0.15) is 48.8 Å². The standard InChI is InChI=1S/C26H30N2O2/c29-24(16-20-8-2-1-3-9-20)27-15-6-11-22(18-27)25(30)28-17-21-10-4-5-12-23(21)26(19-28)13-7-14-26/h1-5,8-10,12,22H,6-7,11,13-19H2. The molecule has 0 radical (unpaired) electrons. The van der Waals surface area contributed by atoms with Crippen LogP contribution in [-0.4, -0.2) is 41.2 Å². The smallest absolute Gasteiger partial charge is 0.227 e. The molecule has 1 atom stereocenters. The zero-order valence-electron chi connectivity index (χ0n) is 17.6. The Labute approximate surface area is 178 Å². The third kappa shape index (κ3) is 3.53. The molecule has 2 aromatic rings. The first-order valence-electron chi connectivity index (χ1n) is 11.3. The van der Waals surface area contributed by atoms with E-state index in [1.54, 1.807) is 0 Å². The highest BCUT2D eigenvalue weighted by atomic mass is 16.2. The van der Waals surface area contributed by atoms with Crippen LogP contribution in [0.5, 0.6) is 0 Å². The van der Waals surface area contributed by atoms with Gasteiger partial charge in [0, 0.05) is 31.6 Å². The number of piperidine rings is 1. The van der Waals surface area contributed by atoms with Crippen LogP contribution in [-0.2, 0) is 28.0 Å². The van der Waals surface area contributed by atoms with Gasteiger partial charge in [0.1, 0.15) is 0 Å². The number of fused-ring (bicyclic) bond motifs is 2. The minimum absolute atomic E-state index is 0.0686. The number of amides is 2. The highest BCUT2D eigenvalue weighted by Gasteiger charge is 2.46. The van der Waals surface area contributed by atoms with E-state index in [4.69, 9.17) is 0 Å². The van der Waals surface area contributed by atoms with Crippen LogP contribution in [0.2, 0.25) is 0 Å². The van der Waals surface area contributed by atoms with Crippen molar-refractivity contribution in [2.45, 2.75) is 50.5 Å². The van der Waals surface area contributed by atoms with E-state index in [9.17, 15) is 9.59 Å². The van der Waals surface area contributed by atoms with Gasteiger partial charge in [-0.3, -0.25) is 9.59 Å². The molecule has 2 fully saturated rings. The molecular formula is C26H30N2O2. The van der Waals surface area contributed by atoms with Crippen molar-refractivity contribution < 1.29 is 9.59 Å². The molecule has 0 N–H and O–H groups in total. The SMILES string of the molecule is O=C(Cc1ccccc1)N1CCCC(C(=O)N2Cc3ccccc3C3(CCC3)C2)C1. The molecule has 0 aromatic heterocycles. The molecule has 2 aromatic carbocycles. The predicted octanol–water partition coefficient (Wildman–Crippen LogP) is 3.93. The fourth-order valence-corrected chi connectivity index (χ4v) is 5.62. The van der Waals surface area contributed by atoms with Crippen LogP contribution in [0.25, 0.3) is 0 Å². The minimum Gasteiger partial charge on any atom is -0.342 e. The van der Waals surface area contributed by atoms with Crippen LogP contribution in [0.3, 0.4) is 0 Å². The molecule has 2 amide bonds. The molecule has 1 spiro atoms. The van der Waals surface area contributed by atoms with Crippen molar-refractivity contribution in [1.82, 2.24) is 9.80 Å². The van der Waals surface area contributed by atoms with Gasteiger partial charge in [-0.2, -0.15) is 0 Å². The zero-order chi connectivity index (χ0) is 20.6. The normalized spacial score (nSPS) is 22.3. The van der Waals surface area contributed by atoms with E-state index in [0.717, 1.165) is 31.5 Å². The van der Waals surface area contributed by atoms with E-state index in [1.807, 2.05) is 35.2 Å². The third-order valence-electron chi connectivity index (χ3n) is 7.39. The average molecular weight is 403 g/mol. The number of nitrogens with zero attached hydrogens (tertiary/aromatic N) is 2. The lowest BCUT2D eigenvalue weighted by atomic mass is 9.61. The van der Waals surface area contributed by atoms with E-state index >= 15 is 0 Å². The molecular weight excluding hydrogens is 372 g/mol. The van der Waals surface area contributed by atoms with Gasteiger partial charge in [0.2, 0.25) is 11.8 Å². The number of rotatable bonds is 3. The highest BCUT2D eigenvalue weighted by Crippen LogP contribution is 2.48. The van der Waals surface area contributed by atoms with E-state index in [-0.39, 0.29) is 23.1 Å². The first kappa shape index (κ1) is 19.3. The van der Waals surface area contributed by atoms with Gasteiger partial charge in [0.15, 0.2) is 0 Å². The second-order valence-electron chi connectivity index (χ2n) is 9.33. The number of hydrogen-bond donors (Lipinski definition) is 0. The summed E-state index contributed by atoms with van der Waals surface area (Å²) in [6.45, 7) is 2.89. The van der Waals surface area contributed by atoms with Crippen molar-refractivity contribution in [1.29, 1.82) is 0 Å². The third-order valence-corrected chi connectivity index (χ3v) is 7.39. The second kappa shape index (κ2) is 7.90. The lowest BCUT2D eigenvalue weighted by Crippen LogP contribution is -2.54. The molecule has 3 aliphatic rings. The number of hydrogen-bond acceptors (Lipinski definition) is 2. The summed E-state index contributed by atoms with van der Waals surface area (Å²) in [5, 5.41) is 0. The number of likely N-dealkylation sites (tertiary alicyclic amines) is 1. The monoisotopic (exact) mass is 402 g/mol. The highest BCUT2D eigenvalue weighted by molar-refractivity contribution is 5.82.